The van der Waals surface area contributed by atoms with Crippen LogP contribution in [0.3, 0.4) is 0 Å². The molecule has 0 saturated heterocycles. The Morgan fingerprint density at radius 1 is 1.58 bits per heavy atom. The topological polar surface area (TPSA) is 46.2 Å². The van der Waals surface area contributed by atoms with Gasteiger partial charge in [0.15, 0.2) is 0 Å². The van der Waals surface area contributed by atoms with E-state index in [4.69, 9.17) is 0 Å². The molecule has 0 radical (unpaired) electrons. The highest BCUT2D eigenvalue weighted by atomic mass is 16.1. The predicted molar refractivity (Wildman–Crippen MR) is 47.8 cm³/mol. The molecule has 0 aliphatic rings. The van der Waals surface area contributed by atoms with Crippen LogP contribution in [0.5, 0.6) is 0 Å². The molecule has 0 aliphatic carbocycles. The van der Waals surface area contributed by atoms with Gasteiger partial charge < -0.3 is 10.1 Å². The molecule has 3 nitrogen and oxygen atoms in total. The van der Waals surface area contributed by atoms with Crippen molar-refractivity contribution in [2.45, 2.75) is 45.6 Å². The van der Waals surface area contributed by atoms with E-state index >= 15 is 0 Å². The van der Waals surface area contributed by atoms with Gasteiger partial charge in [-0.2, -0.15) is 0 Å². The molecule has 1 atom stereocenters. The van der Waals surface area contributed by atoms with Gasteiger partial charge in [-0.15, -0.1) is 0 Å². The first kappa shape index (κ1) is 11.1. The molecule has 12 heavy (non-hydrogen) atoms. The van der Waals surface area contributed by atoms with Crippen molar-refractivity contribution in [3.8, 4) is 0 Å². The summed E-state index contributed by atoms with van der Waals surface area (Å²) >= 11 is 0. The lowest BCUT2D eigenvalue weighted by molar-refractivity contribution is -0.121. The molecule has 3 heteroatoms. The van der Waals surface area contributed by atoms with Crippen molar-refractivity contribution in [2.24, 2.45) is 0 Å². The maximum absolute atomic E-state index is 11.1. The Labute approximate surface area is 73.5 Å². The summed E-state index contributed by atoms with van der Waals surface area (Å²) in [7, 11) is 0. The second-order valence-corrected chi connectivity index (χ2v) is 2.97. The maximum Gasteiger partial charge on any atom is 0.220 e. The summed E-state index contributed by atoms with van der Waals surface area (Å²) in [6, 6.07) is -0.0214. The van der Waals surface area contributed by atoms with E-state index in [1.165, 1.54) is 0 Å². The fourth-order valence-electron chi connectivity index (χ4n) is 0.888. The van der Waals surface area contributed by atoms with Crippen LogP contribution in [0.25, 0.3) is 0 Å². The van der Waals surface area contributed by atoms with Crippen LogP contribution < -0.4 is 5.32 Å². The Morgan fingerprint density at radius 3 is 2.75 bits per heavy atom. The van der Waals surface area contributed by atoms with E-state index in [1.54, 1.807) is 0 Å². The van der Waals surface area contributed by atoms with E-state index in [-0.39, 0.29) is 11.9 Å². The fourth-order valence-corrected chi connectivity index (χ4v) is 0.888. The van der Waals surface area contributed by atoms with Crippen molar-refractivity contribution in [1.82, 2.24) is 5.32 Å². The smallest absolute Gasteiger partial charge is 0.220 e. The number of carbonyl (C=O) groups excluding carboxylic acids is 2. The highest BCUT2D eigenvalue weighted by Gasteiger charge is 2.04. The zero-order chi connectivity index (χ0) is 9.40. The minimum Gasteiger partial charge on any atom is -0.353 e. The minimum atomic E-state index is -0.0214. The van der Waals surface area contributed by atoms with E-state index in [0.717, 1.165) is 19.1 Å². The fraction of sp³-hybridized carbons (Fsp3) is 0.778. The van der Waals surface area contributed by atoms with Gasteiger partial charge in [-0.3, -0.25) is 4.79 Å². The minimum absolute atomic E-state index is 0.0214. The second kappa shape index (κ2) is 6.83. The molecule has 0 rings (SSSR count). The average molecular weight is 171 g/mol. The molecular weight excluding hydrogens is 154 g/mol. The molecule has 0 bridgehead atoms. The normalized spacial score (nSPS) is 12.2. The summed E-state index contributed by atoms with van der Waals surface area (Å²) in [6.07, 6.45) is 3.73. The van der Waals surface area contributed by atoms with E-state index in [2.05, 4.69) is 5.32 Å². The number of hydrogen-bond acceptors (Lipinski definition) is 2. The van der Waals surface area contributed by atoms with Crippen molar-refractivity contribution in [3.05, 3.63) is 0 Å². The summed E-state index contributed by atoms with van der Waals surface area (Å²) in [4.78, 5) is 21.1. The van der Waals surface area contributed by atoms with Crippen molar-refractivity contribution in [3.63, 3.8) is 0 Å². The van der Waals surface area contributed by atoms with E-state index in [9.17, 15) is 9.59 Å². The van der Waals surface area contributed by atoms with Crippen LogP contribution in [0.1, 0.15) is 39.5 Å². The maximum atomic E-state index is 11.1. The molecule has 0 aromatic heterocycles. The Morgan fingerprint density at radius 2 is 2.25 bits per heavy atom. The van der Waals surface area contributed by atoms with Crippen LogP contribution in [0.15, 0.2) is 0 Å². The molecular formula is C9H17NO2. The highest BCUT2D eigenvalue weighted by molar-refractivity contribution is 5.76. The van der Waals surface area contributed by atoms with Gasteiger partial charge in [0.05, 0.1) is 0 Å². The van der Waals surface area contributed by atoms with Gasteiger partial charge in [0.1, 0.15) is 6.29 Å². The van der Waals surface area contributed by atoms with Crippen LogP contribution in [0.4, 0.5) is 0 Å². The Kier molecular flexibility index (Phi) is 6.34. The van der Waals surface area contributed by atoms with Crippen molar-refractivity contribution < 1.29 is 9.59 Å². The predicted octanol–water partition coefficient (Wildman–Crippen LogP) is 1.27. The SMILES string of the molecule is CCCCC(=O)N[C@@H](C)CC=O. The number of rotatable bonds is 6. The van der Waals surface area contributed by atoms with Gasteiger partial charge in [-0.25, -0.2) is 0 Å². The molecule has 0 spiro atoms. The van der Waals surface area contributed by atoms with Crippen molar-refractivity contribution in [1.29, 1.82) is 0 Å². The van der Waals surface area contributed by atoms with Gasteiger partial charge in [0.25, 0.3) is 0 Å². The molecule has 0 unspecified atom stereocenters. The van der Waals surface area contributed by atoms with Crippen LogP contribution in [-0.2, 0) is 9.59 Å². The van der Waals surface area contributed by atoms with Crippen LogP contribution in [0.2, 0.25) is 0 Å². The van der Waals surface area contributed by atoms with Gasteiger partial charge >= 0.3 is 0 Å². The van der Waals surface area contributed by atoms with Gasteiger partial charge in [-0.1, -0.05) is 13.3 Å². The lowest BCUT2D eigenvalue weighted by Gasteiger charge is -2.09. The zero-order valence-corrected chi connectivity index (χ0v) is 7.80. The van der Waals surface area contributed by atoms with Crippen molar-refractivity contribution in [2.75, 3.05) is 0 Å². The summed E-state index contributed by atoms with van der Waals surface area (Å²) in [5.74, 6) is 0.0474. The largest absolute Gasteiger partial charge is 0.353 e. The molecule has 1 N–H and O–H groups in total. The number of nitrogens with one attached hydrogen (secondary N) is 1. The summed E-state index contributed by atoms with van der Waals surface area (Å²) in [5.41, 5.74) is 0. The quantitative estimate of drug-likeness (QED) is 0.612. The first-order valence-corrected chi connectivity index (χ1v) is 4.43. The molecule has 0 fully saturated rings. The van der Waals surface area contributed by atoms with Gasteiger partial charge in [0, 0.05) is 18.9 Å². The monoisotopic (exact) mass is 171 g/mol. The van der Waals surface area contributed by atoms with E-state index < -0.39 is 0 Å². The second-order valence-electron chi connectivity index (χ2n) is 2.97. The summed E-state index contributed by atoms with van der Waals surface area (Å²) < 4.78 is 0. The number of carbonyl (C=O) groups is 2. The lowest BCUT2D eigenvalue weighted by Crippen LogP contribution is -2.32. The summed E-state index contributed by atoms with van der Waals surface area (Å²) in [5, 5.41) is 2.75. The first-order valence-electron chi connectivity index (χ1n) is 4.43. The van der Waals surface area contributed by atoms with Crippen LogP contribution in [-0.4, -0.2) is 18.2 Å². The Bertz CT molecular complexity index is 145. The third-order valence-electron chi connectivity index (χ3n) is 1.61. The zero-order valence-electron chi connectivity index (χ0n) is 7.80. The van der Waals surface area contributed by atoms with Crippen LogP contribution in [0, 0.1) is 0 Å². The molecule has 0 aromatic rings. The number of unbranched alkanes of at least 4 members (excludes halogenated alkanes) is 1. The first-order chi connectivity index (χ1) is 5.70. The van der Waals surface area contributed by atoms with Crippen molar-refractivity contribution >= 4 is 12.2 Å². The van der Waals surface area contributed by atoms with Gasteiger partial charge in [-0.05, 0) is 13.3 Å². The van der Waals surface area contributed by atoms with Gasteiger partial charge in [0.2, 0.25) is 5.91 Å². The standard InChI is InChI=1S/C9H17NO2/c1-3-4-5-9(12)10-8(2)6-7-11/h7-8H,3-6H2,1-2H3,(H,10,12)/t8-/m0/s1. The van der Waals surface area contributed by atoms with E-state index in [0.29, 0.717) is 12.8 Å². The summed E-state index contributed by atoms with van der Waals surface area (Å²) in [6.45, 7) is 3.88. The highest BCUT2D eigenvalue weighted by Crippen LogP contribution is 1.95. The Hall–Kier alpha value is -0.860. The molecule has 0 aromatic carbocycles. The number of amides is 1. The number of hydrogen-bond donors (Lipinski definition) is 1. The third kappa shape index (κ3) is 5.89. The molecule has 1 amide bonds. The lowest BCUT2D eigenvalue weighted by atomic mass is 10.2. The van der Waals surface area contributed by atoms with E-state index in [1.807, 2.05) is 13.8 Å². The third-order valence-corrected chi connectivity index (χ3v) is 1.61. The van der Waals surface area contributed by atoms with Crippen LogP contribution >= 0.6 is 0 Å². The molecule has 0 aliphatic heterocycles. The average Bonchev–Trinajstić information content (AvgIpc) is 2.01. The molecule has 0 saturated carbocycles. The molecule has 0 heterocycles. The molecule has 70 valence electrons. The Balaban J connectivity index is 3.46. The number of aldehydes is 1.